The van der Waals surface area contributed by atoms with Gasteiger partial charge in [-0.2, -0.15) is 0 Å². The summed E-state index contributed by atoms with van der Waals surface area (Å²) in [5.41, 5.74) is 10.1. The van der Waals surface area contributed by atoms with Crippen LogP contribution in [0.2, 0.25) is 0 Å². The highest BCUT2D eigenvalue weighted by Gasteiger charge is 2.54. The summed E-state index contributed by atoms with van der Waals surface area (Å²) in [6.07, 6.45) is 2.86. The lowest BCUT2D eigenvalue weighted by Gasteiger charge is -2.49. The van der Waals surface area contributed by atoms with E-state index in [9.17, 15) is 29.4 Å². The van der Waals surface area contributed by atoms with E-state index in [4.69, 9.17) is 16.3 Å². The molecule has 2 amide bonds. The number of aliphatic carboxylic acids is 2. The SMILES string of the molecule is CN1CC=C(N)N=C1SCC1=C(C(=O)O)N2C(=O)C(NC(=O)/C(=N\OC3(C(=O)O)CCC3)c3csc(N)n3)[C@@H]2SC1. The summed E-state index contributed by atoms with van der Waals surface area (Å²) in [4.78, 5) is 67.1. The van der Waals surface area contributed by atoms with Gasteiger partial charge in [0.15, 0.2) is 16.0 Å². The van der Waals surface area contributed by atoms with Crippen molar-refractivity contribution in [1.29, 1.82) is 0 Å². The Bertz CT molecular complexity index is 1430. The van der Waals surface area contributed by atoms with Gasteiger partial charge in [-0.25, -0.2) is 19.6 Å². The number of carboxylic acids is 2. The molecule has 1 aliphatic carbocycles. The number of oxime groups is 1. The predicted molar refractivity (Wildman–Crippen MR) is 153 cm³/mol. The van der Waals surface area contributed by atoms with Gasteiger partial charge in [-0.15, -0.1) is 23.1 Å². The fourth-order valence-electron chi connectivity index (χ4n) is 4.42. The van der Waals surface area contributed by atoms with E-state index in [0.29, 0.717) is 35.3 Å². The van der Waals surface area contributed by atoms with Crippen LogP contribution in [0.3, 0.4) is 0 Å². The maximum absolute atomic E-state index is 13.3. The number of β-lactam (4-membered cyclic amide) rings is 1. The number of hydrogen-bond acceptors (Lipinski definition) is 14. The smallest absolute Gasteiger partial charge is 0.352 e. The van der Waals surface area contributed by atoms with Gasteiger partial charge in [0, 0.05) is 43.3 Å². The van der Waals surface area contributed by atoms with E-state index in [2.05, 4.69) is 20.4 Å². The molecular weight excluding hydrogens is 597 g/mol. The van der Waals surface area contributed by atoms with Crippen LogP contribution in [0.1, 0.15) is 25.0 Å². The standard InChI is InChI=1S/C23H26N8O7S3/c1-30-6-3-12(24)27-22(30)41-8-10-7-39-18-14(17(33)31(18)15(10)19(34)35)28-16(32)13(11-9-40-21(25)26-11)29-38-23(20(36)37)4-2-5-23/h3,9,14,18H,2,4-8,24H2,1H3,(H2,25,26)(H,28,32)(H,34,35)(H,36,37)/b29-13-/t14?,18-/m0/s1. The quantitative estimate of drug-likeness (QED) is 0.139. The lowest BCUT2D eigenvalue weighted by molar-refractivity contribution is -0.178. The Morgan fingerprint density at radius 1 is 1.32 bits per heavy atom. The van der Waals surface area contributed by atoms with Gasteiger partial charge in [0.05, 0.1) is 0 Å². The number of likely N-dealkylation sites (N-methyl/N-ethyl adjacent to an activating group) is 1. The van der Waals surface area contributed by atoms with E-state index < -0.39 is 40.8 Å². The number of carboxylic acid groups (broad SMARTS) is 2. The number of thiazole rings is 1. The second-order valence-electron chi connectivity index (χ2n) is 9.57. The maximum atomic E-state index is 13.3. The predicted octanol–water partition coefficient (Wildman–Crippen LogP) is 0.0266. The molecular formula is C23H26N8O7S3. The van der Waals surface area contributed by atoms with Crippen molar-refractivity contribution in [3.63, 3.8) is 0 Å². The monoisotopic (exact) mass is 622 g/mol. The fourth-order valence-corrected chi connectivity index (χ4v) is 7.45. The Kier molecular flexibility index (Phi) is 7.89. The molecule has 15 nitrogen and oxygen atoms in total. The van der Waals surface area contributed by atoms with Crippen LogP contribution in [-0.2, 0) is 24.0 Å². The van der Waals surface area contributed by atoms with Crippen LogP contribution in [0, 0.1) is 0 Å². The molecule has 1 saturated heterocycles. The van der Waals surface area contributed by atoms with E-state index >= 15 is 0 Å². The van der Waals surface area contributed by atoms with Crippen molar-refractivity contribution in [2.75, 3.05) is 30.8 Å². The van der Waals surface area contributed by atoms with Crippen LogP contribution >= 0.6 is 34.9 Å². The van der Waals surface area contributed by atoms with Crippen LogP contribution in [0.5, 0.6) is 0 Å². The highest BCUT2D eigenvalue weighted by atomic mass is 32.2. The molecule has 0 spiro atoms. The van der Waals surface area contributed by atoms with Crippen LogP contribution in [0.15, 0.2) is 38.7 Å². The molecule has 0 bridgehead atoms. The average molecular weight is 623 g/mol. The van der Waals surface area contributed by atoms with Crippen LogP contribution in [-0.4, -0.2) is 102 Å². The number of amidine groups is 1. The summed E-state index contributed by atoms with van der Waals surface area (Å²) in [5.74, 6) is -2.91. The first-order chi connectivity index (χ1) is 19.5. The molecule has 0 radical (unpaired) electrons. The summed E-state index contributed by atoms with van der Waals surface area (Å²) in [5, 5.41) is 27.5. The van der Waals surface area contributed by atoms with Crippen molar-refractivity contribution in [1.82, 2.24) is 20.1 Å². The van der Waals surface area contributed by atoms with Gasteiger partial charge in [0.2, 0.25) is 5.60 Å². The molecule has 1 aromatic rings. The normalized spacial score (nSPS) is 23.5. The van der Waals surface area contributed by atoms with Gasteiger partial charge in [-0.05, 0) is 18.1 Å². The van der Waals surface area contributed by atoms with E-state index in [1.54, 1.807) is 6.08 Å². The zero-order valence-electron chi connectivity index (χ0n) is 21.6. The second-order valence-corrected chi connectivity index (χ2v) is 12.5. The summed E-state index contributed by atoms with van der Waals surface area (Å²) in [7, 11) is 1.84. The minimum absolute atomic E-state index is 0.0568. The second kappa shape index (κ2) is 11.2. The van der Waals surface area contributed by atoms with Crippen molar-refractivity contribution in [2.24, 2.45) is 15.9 Å². The maximum Gasteiger partial charge on any atom is 0.352 e. The molecule has 4 aliphatic rings. The third-order valence-electron chi connectivity index (χ3n) is 6.88. The number of nitrogens with one attached hydrogen (secondary N) is 1. The molecule has 0 aromatic carbocycles. The molecule has 7 N–H and O–H groups in total. The number of hydrogen-bond donors (Lipinski definition) is 5. The molecule has 18 heteroatoms. The molecule has 3 aliphatic heterocycles. The Hall–Kier alpha value is -3.77. The molecule has 4 heterocycles. The molecule has 1 aromatic heterocycles. The van der Waals surface area contributed by atoms with Gasteiger partial charge < -0.3 is 36.7 Å². The number of anilines is 1. The number of carbonyl (C=O) groups excluding carboxylic acids is 2. The topological polar surface area (TPSA) is 226 Å². The number of aromatic nitrogens is 1. The van der Waals surface area contributed by atoms with Gasteiger partial charge >= 0.3 is 11.9 Å². The number of nitrogens with two attached hydrogens (primary N) is 2. The molecule has 218 valence electrons. The molecule has 2 atom stereocenters. The number of fused-ring (bicyclic) bond motifs is 1. The van der Waals surface area contributed by atoms with Crippen LogP contribution in [0.4, 0.5) is 5.13 Å². The van der Waals surface area contributed by atoms with Gasteiger partial charge in [-0.3, -0.25) is 14.5 Å². The van der Waals surface area contributed by atoms with Crippen molar-refractivity contribution >= 4 is 74.6 Å². The van der Waals surface area contributed by atoms with Gasteiger partial charge in [0.25, 0.3) is 11.8 Å². The Balaban J connectivity index is 1.32. The zero-order chi connectivity index (χ0) is 29.5. The number of carbonyl (C=O) groups is 4. The number of nitrogen functional groups attached to an aromatic ring is 1. The number of amides is 2. The number of nitrogens with zero attached hydrogens (tertiary/aromatic N) is 5. The highest BCUT2D eigenvalue weighted by molar-refractivity contribution is 8.14. The Morgan fingerprint density at radius 3 is 2.68 bits per heavy atom. The third-order valence-corrected chi connectivity index (χ3v) is 10.0. The van der Waals surface area contributed by atoms with Crippen LogP contribution in [0.25, 0.3) is 0 Å². The van der Waals surface area contributed by atoms with E-state index in [0.717, 1.165) is 11.3 Å². The number of thioether (sulfide) groups is 2. The largest absolute Gasteiger partial charge is 0.478 e. The van der Waals surface area contributed by atoms with E-state index in [-0.39, 0.29) is 40.8 Å². The third kappa shape index (κ3) is 5.45. The minimum Gasteiger partial charge on any atom is -0.478 e. The highest BCUT2D eigenvalue weighted by Crippen LogP contribution is 2.41. The summed E-state index contributed by atoms with van der Waals surface area (Å²) < 4.78 is 0. The lowest BCUT2D eigenvalue weighted by atomic mass is 9.80. The number of aliphatic imine (C=N–C) groups is 1. The van der Waals surface area contributed by atoms with E-state index in [1.807, 2.05) is 11.9 Å². The van der Waals surface area contributed by atoms with Crippen molar-refractivity contribution in [3.05, 3.63) is 34.2 Å². The summed E-state index contributed by atoms with van der Waals surface area (Å²) in [6.45, 7) is 0.576. The molecule has 1 saturated carbocycles. The summed E-state index contributed by atoms with van der Waals surface area (Å²) in [6, 6.07) is -1.05. The van der Waals surface area contributed by atoms with Crippen molar-refractivity contribution in [3.8, 4) is 0 Å². The first-order valence-corrected chi connectivity index (χ1v) is 15.2. The molecule has 41 heavy (non-hydrogen) atoms. The van der Waals surface area contributed by atoms with Gasteiger partial charge in [-0.1, -0.05) is 16.9 Å². The molecule has 2 fully saturated rings. The average Bonchev–Trinajstić information content (AvgIpc) is 3.33. The lowest BCUT2D eigenvalue weighted by Crippen LogP contribution is -2.71. The number of rotatable bonds is 9. The molecule has 1 unspecified atom stereocenters. The van der Waals surface area contributed by atoms with Crippen molar-refractivity contribution in [2.45, 2.75) is 36.3 Å². The minimum atomic E-state index is -1.54. The zero-order valence-corrected chi connectivity index (χ0v) is 24.1. The Labute approximate surface area is 245 Å². The van der Waals surface area contributed by atoms with E-state index in [1.165, 1.54) is 33.8 Å². The fraction of sp³-hybridized carbons (Fsp3) is 0.435. The molecule has 5 rings (SSSR count). The van der Waals surface area contributed by atoms with Crippen LogP contribution < -0.4 is 16.8 Å². The first-order valence-electron chi connectivity index (χ1n) is 12.3. The van der Waals surface area contributed by atoms with Crippen molar-refractivity contribution < 1.29 is 34.2 Å². The Morgan fingerprint density at radius 2 is 2.07 bits per heavy atom. The first kappa shape index (κ1) is 28.7. The summed E-state index contributed by atoms with van der Waals surface area (Å²) >= 11 is 3.68. The van der Waals surface area contributed by atoms with Gasteiger partial charge in [0.1, 0.15) is 28.6 Å².